The maximum absolute atomic E-state index is 11.5. The molecule has 4 heteroatoms. The van der Waals surface area contributed by atoms with Crippen LogP contribution in [0, 0.1) is 13.8 Å². The first-order valence-corrected chi connectivity index (χ1v) is 5.15. The van der Waals surface area contributed by atoms with Crippen molar-refractivity contribution in [3.63, 3.8) is 0 Å². The first-order chi connectivity index (χ1) is 7.50. The molecule has 0 aliphatic carbocycles. The molecule has 0 bridgehead atoms. The molecule has 0 heterocycles. The normalized spacial score (nSPS) is 9.88. The largest absolute Gasteiger partial charge is 0.370 e. The van der Waals surface area contributed by atoms with Crippen molar-refractivity contribution < 1.29 is 9.59 Å². The van der Waals surface area contributed by atoms with Gasteiger partial charge >= 0.3 is 0 Å². The summed E-state index contributed by atoms with van der Waals surface area (Å²) in [6, 6.07) is 5.70. The van der Waals surface area contributed by atoms with Crippen molar-refractivity contribution in [1.82, 2.24) is 0 Å². The van der Waals surface area contributed by atoms with E-state index in [4.69, 9.17) is 5.73 Å². The van der Waals surface area contributed by atoms with Crippen molar-refractivity contribution in [2.75, 3.05) is 5.32 Å². The number of nitrogens with two attached hydrogens (primary N) is 1. The lowest BCUT2D eigenvalue weighted by Gasteiger charge is -2.09. The lowest BCUT2D eigenvalue weighted by atomic mass is 10.1. The Kier molecular flexibility index (Phi) is 4.05. The summed E-state index contributed by atoms with van der Waals surface area (Å²) in [6.45, 7) is 3.92. The van der Waals surface area contributed by atoms with Crippen LogP contribution in [0.5, 0.6) is 0 Å². The molecule has 1 rings (SSSR count). The zero-order valence-corrected chi connectivity index (χ0v) is 9.54. The molecule has 0 aromatic heterocycles. The van der Waals surface area contributed by atoms with Crippen molar-refractivity contribution in [3.8, 4) is 0 Å². The maximum Gasteiger partial charge on any atom is 0.224 e. The van der Waals surface area contributed by atoms with Crippen molar-refractivity contribution in [3.05, 3.63) is 29.3 Å². The van der Waals surface area contributed by atoms with E-state index in [0.29, 0.717) is 0 Å². The van der Waals surface area contributed by atoms with Gasteiger partial charge in [-0.15, -0.1) is 0 Å². The Bertz CT molecular complexity index is 413. The van der Waals surface area contributed by atoms with Crippen LogP contribution < -0.4 is 11.1 Å². The number of benzene rings is 1. The number of rotatable bonds is 4. The fourth-order valence-corrected chi connectivity index (χ4v) is 1.34. The quantitative estimate of drug-likeness (QED) is 0.807. The van der Waals surface area contributed by atoms with Gasteiger partial charge in [-0.1, -0.05) is 12.1 Å². The second kappa shape index (κ2) is 5.30. The molecule has 0 saturated carbocycles. The van der Waals surface area contributed by atoms with E-state index in [9.17, 15) is 9.59 Å². The lowest BCUT2D eigenvalue weighted by molar-refractivity contribution is -0.122. The van der Waals surface area contributed by atoms with Crippen LogP contribution in [0.25, 0.3) is 0 Å². The van der Waals surface area contributed by atoms with Crippen molar-refractivity contribution in [1.29, 1.82) is 0 Å². The van der Waals surface area contributed by atoms with Crippen LogP contribution in [-0.4, -0.2) is 11.8 Å². The molecule has 0 spiro atoms. The van der Waals surface area contributed by atoms with Crippen molar-refractivity contribution in [2.24, 2.45) is 5.73 Å². The van der Waals surface area contributed by atoms with E-state index in [1.54, 1.807) is 0 Å². The highest BCUT2D eigenvalue weighted by atomic mass is 16.2. The van der Waals surface area contributed by atoms with Gasteiger partial charge in [-0.25, -0.2) is 0 Å². The van der Waals surface area contributed by atoms with Crippen molar-refractivity contribution >= 4 is 17.5 Å². The highest BCUT2D eigenvalue weighted by Gasteiger charge is 2.06. The SMILES string of the molecule is Cc1cccc(NC(=O)CCC(N)=O)c1C. The summed E-state index contributed by atoms with van der Waals surface area (Å²) < 4.78 is 0. The molecule has 0 saturated heterocycles. The van der Waals surface area contributed by atoms with E-state index in [1.807, 2.05) is 32.0 Å². The van der Waals surface area contributed by atoms with Gasteiger partial charge in [0, 0.05) is 18.5 Å². The smallest absolute Gasteiger partial charge is 0.224 e. The van der Waals surface area contributed by atoms with Crippen LogP contribution >= 0.6 is 0 Å². The van der Waals surface area contributed by atoms with Gasteiger partial charge in [0.05, 0.1) is 0 Å². The van der Waals surface area contributed by atoms with E-state index < -0.39 is 5.91 Å². The Morgan fingerprint density at radius 3 is 2.56 bits per heavy atom. The number of hydrogen-bond donors (Lipinski definition) is 2. The molecule has 1 aromatic rings. The number of nitrogens with one attached hydrogen (secondary N) is 1. The minimum Gasteiger partial charge on any atom is -0.370 e. The average molecular weight is 220 g/mol. The third-order valence-corrected chi connectivity index (χ3v) is 2.48. The number of aryl methyl sites for hydroxylation is 1. The highest BCUT2D eigenvalue weighted by Crippen LogP contribution is 2.18. The van der Waals surface area contributed by atoms with Crippen LogP contribution in [0.2, 0.25) is 0 Å². The van der Waals surface area contributed by atoms with Gasteiger partial charge in [-0.2, -0.15) is 0 Å². The third kappa shape index (κ3) is 3.38. The summed E-state index contributed by atoms with van der Waals surface area (Å²) in [5.74, 6) is -0.649. The molecule has 0 aliphatic rings. The molecule has 3 N–H and O–H groups in total. The van der Waals surface area contributed by atoms with Crippen LogP contribution in [0.3, 0.4) is 0 Å². The molecular formula is C12H16N2O2. The molecule has 0 atom stereocenters. The minimum atomic E-state index is -0.462. The number of carbonyl (C=O) groups is 2. The first-order valence-electron chi connectivity index (χ1n) is 5.15. The molecule has 0 fully saturated rings. The molecule has 86 valence electrons. The second-order valence-electron chi connectivity index (χ2n) is 3.76. The lowest BCUT2D eigenvalue weighted by Crippen LogP contribution is -2.17. The van der Waals surface area contributed by atoms with Crippen LogP contribution in [0.1, 0.15) is 24.0 Å². The predicted molar refractivity (Wildman–Crippen MR) is 63.0 cm³/mol. The summed E-state index contributed by atoms with van der Waals surface area (Å²) in [7, 11) is 0. The standard InChI is InChI=1S/C12H16N2O2/c1-8-4-3-5-10(9(8)2)14-12(16)7-6-11(13)15/h3-5H,6-7H2,1-2H3,(H2,13,15)(H,14,16). The second-order valence-corrected chi connectivity index (χ2v) is 3.76. The minimum absolute atomic E-state index is 0.0801. The van der Waals surface area contributed by atoms with Crippen LogP contribution in [0.4, 0.5) is 5.69 Å². The molecule has 1 aromatic carbocycles. The Labute approximate surface area is 94.8 Å². The van der Waals surface area contributed by atoms with E-state index in [-0.39, 0.29) is 18.7 Å². The molecule has 4 nitrogen and oxygen atoms in total. The molecule has 0 unspecified atom stereocenters. The third-order valence-electron chi connectivity index (χ3n) is 2.48. The molecule has 0 aliphatic heterocycles. The summed E-state index contributed by atoms with van der Waals surface area (Å²) in [5.41, 5.74) is 7.91. The summed E-state index contributed by atoms with van der Waals surface area (Å²) in [4.78, 5) is 22.0. The molecule has 2 amide bonds. The fraction of sp³-hybridized carbons (Fsp3) is 0.333. The monoisotopic (exact) mass is 220 g/mol. The summed E-state index contributed by atoms with van der Waals surface area (Å²) in [6.07, 6.45) is 0.208. The molecule has 0 radical (unpaired) electrons. The average Bonchev–Trinajstić information content (AvgIpc) is 2.22. The number of hydrogen-bond acceptors (Lipinski definition) is 2. The van der Waals surface area contributed by atoms with E-state index >= 15 is 0 Å². The Morgan fingerprint density at radius 2 is 1.94 bits per heavy atom. The fourth-order valence-electron chi connectivity index (χ4n) is 1.34. The van der Waals surface area contributed by atoms with Gasteiger partial charge in [0.25, 0.3) is 0 Å². The number of anilines is 1. The van der Waals surface area contributed by atoms with Crippen molar-refractivity contribution in [2.45, 2.75) is 26.7 Å². The van der Waals surface area contributed by atoms with Gasteiger partial charge in [0.1, 0.15) is 0 Å². The van der Waals surface area contributed by atoms with Gasteiger partial charge in [0.15, 0.2) is 0 Å². The first kappa shape index (κ1) is 12.2. The number of carbonyl (C=O) groups excluding carboxylic acids is 2. The van der Waals surface area contributed by atoms with E-state index in [2.05, 4.69) is 5.32 Å². The predicted octanol–water partition coefficient (Wildman–Crippen LogP) is 1.51. The van der Waals surface area contributed by atoms with E-state index in [1.165, 1.54) is 0 Å². The summed E-state index contributed by atoms with van der Waals surface area (Å²) in [5, 5.41) is 2.76. The topological polar surface area (TPSA) is 72.2 Å². The Balaban J connectivity index is 2.63. The number of amides is 2. The van der Waals surface area contributed by atoms with Crippen LogP contribution in [-0.2, 0) is 9.59 Å². The van der Waals surface area contributed by atoms with Crippen LogP contribution in [0.15, 0.2) is 18.2 Å². The van der Waals surface area contributed by atoms with Gasteiger partial charge in [0.2, 0.25) is 11.8 Å². The van der Waals surface area contributed by atoms with Gasteiger partial charge in [-0.05, 0) is 31.0 Å². The van der Waals surface area contributed by atoms with Gasteiger partial charge in [-0.3, -0.25) is 9.59 Å². The highest BCUT2D eigenvalue weighted by molar-refractivity contribution is 5.93. The molecule has 16 heavy (non-hydrogen) atoms. The number of primary amides is 1. The van der Waals surface area contributed by atoms with Gasteiger partial charge < -0.3 is 11.1 Å². The Morgan fingerprint density at radius 1 is 1.25 bits per heavy atom. The maximum atomic E-state index is 11.5. The Hall–Kier alpha value is -1.84. The zero-order valence-electron chi connectivity index (χ0n) is 9.54. The zero-order chi connectivity index (χ0) is 12.1. The molecular weight excluding hydrogens is 204 g/mol. The van der Waals surface area contributed by atoms with E-state index in [0.717, 1.165) is 16.8 Å². The summed E-state index contributed by atoms with van der Waals surface area (Å²) >= 11 is 0.